The Morgan fingerprint density at radius 2 is 1.59 bits per heavy atom. The van der Waals surface area contributed by atoms with Crippen LogP contribution in [-0.2, 0) is 11.2 Å². The number of carbonyl (C=O) groups is 2. The van der Waals surface area contributed by atoms with Gasteiger partial charge in [-0.25, -0.2) is 0 Å². The number of hydrogen-bond donors (Lipinski definition) is 0. The van der Waals surface area contributed by atoms with Crippen LogP contribution in [0.3, 0.4) is 0 Å². The topological polar surface area (TPSA) is 49.9 Å². The Morgan fingerprint density at radius 1 is 0.926 bits per heavy atom. The highest BCUT2D eigenvalue weighted by molar-refractivity contribution is 5.95. The maximum absolute atomic E-state index is 12.8. The van der Waals surface area contributed by atoms with Crippen molar-refractivity contribution in [2.45, 2.75) is 19.8 Å². The number of benzene rings is 2. The molecule has 1 aliphatic rings. The van der Waals surface area contributed by atoms with Crippen molar-refractivity contribution in [3.05, 3.63) is 65.2 Å². The number of hydrogen-bond acceptors (Lipinski definition) is 3. The van der Waals surface area contributed by atoms with Gasteiger partial charge in [-0.3, -0.25) is 9.59 Å². The summed E-state index contributed by atoms with van der Waals surface area (Å²) in [5, 5.41) is 0. The number of rotatable bonds is 4. The van der Waals surface area contributed by atoms with E-state index >= 15 is 0 Å². The van der Waals surface area contributed by atoms with Gasteiger partial charge in [0.2, 0.25) is 5.91 Å². The van der Waals surface area contributed by atoms with Crippen molar-refractivity contribution in [3.63, 3.8) is 0 Å². The summed E-state index contributed by atoms with van der Waals surface area (Å²) in [7, 11) is 1.62. The van der Waals surface area contributed by atoms with Gasteiger partial charge in [0, 0.05) is 37.3 Å². The molecule has 0 atom stereocenters. The van der Waals surface area contributed by atoms with Crippen LogP contribution in [0.2, 0.25) is 0 Å². The fraction of sp³-hybridized carbons (Fsp3) is 0.364. The fourth-order valence-electron chi connectivity index (χ4n) is 3.48. The van der Waals surface area contributed by atoms with Gasteiger partial charge in [0.15, 0.2) is 0 Å². The molecule has 0 spiro atoms. The summed E-state index contributed by atoms with van der Waals surface area (Å²) in [6, 6.07) is 15.2. The first-order valence-corrected chi connectivity index (χ1v) is 9.34. The average molecular weight is 366 g/mol. The van der Waals surface area contributed by atoms with Crippen molar-refractivity contribution in [2.75, 3.05) is 33.3 Å². The lowest BCUT2D eigenvalue weighted by molar-refractivity contribution is -0.130. The van der Waals surface area contributed by atoms with Crippen LogP contribution in [0.15, 0.2) is 48.5 Å². The second kappa shape index (κ2) is 8.71. The lowest BCUT2D eigenvalue weighted by Crippen LogP contribution is -2.38. The highest BCUT2D eigenvalue weighted by Gasteiger charge is 2.24. The van der Waals surface area contributed by atoms with Crippen molar-refractivity contribution in [3.8, 4) is 5.75 Å². The van der Waals surface area contributed by atoms with Gasteiger partial charge >= 0.3 is 0 Å². The minimum atomic E-state index is 0.0483. The summed E-state index contributed by atoms with van der Waals surface area (Å²) in [6.45, 7) is 4.42. The zero-order valence-electron chi connectivity index (χ0n) is 16.0. The molecule has 1 aliphatic heterocycles. The Kier molecular flexibility index (Phi) is 6.12. The van der Waals surface area contributed by atoms with E-state index in [1.165, 1.54) is 0 Å². The van der Waals surface area contributed by atoms with Gasteiger partial charge in [-0.2, -0.15) is 0 Å². The number of carbonyl (C=O) groups excluding carboxylic acids is 2. The Balaban J connectivity index is 1.63. The van der Waals surface area contributed by atoms with E-state index in [2.05, 4.69) is 0 Å². The Morgan fingerprint density at radius 3 is 2.37 bits per heavy atom. The van der Waals surface area contributed by atoms with Crippen molar-refractivity contribution >= 4 is 11.8 Å². The van der Waals surface area contributed by atoms with Crippen LogP contribution in [0.1, 0.15) is 27.9 Å². The molecule has 27 heavy (non-hydrogen) atoms. The van der Waals surface area contributed by atoms with Gasteiger partial charge in [0.05, 0.1) is 13.5 Å². The van der Waals surface area contributed by atoms with Crippen LogP contribution >= 0.6 is 0 Å². The molecule has 2 amide bonds. The van der Waals surface area contributed by atoms with E-state index in [1.807, 2.05) is 65.3 Å². The summed E-state index contributed by atoms with van der Waals surface area (Å²) in [4.78, 5) is 29.3. The molecule has 0 radical (unpaired) electrons. The van der Waals surface area contributed by atoms with Gasteiger partial charge in [0.1, 0.15) is 5.75 Å². The summed E-state index contributed by atoms with van der Waals surface area (Å²) in [5.41, 5.74) is 2.62. The molecule has 5 nitrogen and oxygen atoms in total. The first kappa shape index (κ1) is 19.0. The molecule has 0 N–H and O–H groups in total. The quantitative estimate of drug-likeness (QED) is 0.836. The molecule has 142 valence electrons. The summed E-state index contributed by atoms with van der Waals surface area (Å²) in [5.74, 6) is 0.855. The first-order chi connectivity index (χ1) is 13.1. The summed E-state index contributed by atoms with van der Waals surface area (Å²) < 4.78 is 5.34. The lowest BCUT2D eigenvalue weighted by Gasteiger charge is -2.23. The number of ether oxygens (including phenoxy) is 1. The van der Waals surface area contributed by atoms with Crippen LogP contribution in [0.5, 0.6) is 5.75 Å². The zero-order valence-corrected chi connectivity index (χ0v) is 16.0. The number of methoxy groups -OCH3 is 1. The van der Waals surface area contributed by atoms with Crippen molar-refractivity contribution in [1.29, 1.82) is 0 Å². The van der Waals surface area contributed by atoms with Gasteiger partial charge < -0.3 is 14.5 Å². The molecule has 0 saturated carbocycles. The monoisotopic (exact) mass is 366 g/mol. The zero-order chi connectivity index (χ0) is 19.2. The Hall–Kier alpha value is -2.82. The molecule has 2 aromatic carbocycles. The predicted molar refractivity (Wildman–Crippen MR) is 105 cm³/mol. The van der Waals surface area contributed by atoms with Gasteiger partial charge in [-0.05, 0) is 31.0 Å². The molecule has 0 bridgehead atoms. The van der Waals surface area contributed by atoms with E-state index in [1.54, 1.807) is 7.11 Å². The molecular formula is C22H26N2O3. The van der Waals surface area contributed by atoms with Gasteiger partial charge in [-0.15, -0.1) is 0 Å². The molecule has 1 heterocycles. The second-order valence-electron chi connectivity index (χ2n) is 6.83. The number of nitrogens with zero attached hydrogens (tertiary/aromatic N) is 2. The first-order valence-electron chi connectivity index (χ1n) is 9.34. The molecule has 1 saturated heterocycles. The van der Waals surface area contributed by atoms with E-state index in [0.29, 0.717) is 32.6 Å². The third-order valence-corrected chi connectivity index (χ3v) is 5.05. The highest BCUT2D eigenvalue weighted by Crippen LogP contribution is 2.19. The van der Waals surface area contributed by atoms with Crippen LogP contribution in [0, 0.1) is 6.92 Å². The molecule has 5 heteroatoms. The van der Waals surface area contributed by atoms with Crippen LogP contribution in [0.4, 0.5) is 0 Å². The van der Waals surface area contributed by atoms with E-state index in [4.69, 9.17) is 4.74 Å². The SMILES string of the molecule is COc1ccccc1CC(=O)N1CCCN(C(=O)c2ccccc2C)CC1. The number of para-hydroxylation sites is 1. The third kappa shape index (κ3) is 4.48. The van der Waals surface area contributed by atoms with E-state index in [0.717, 1.165) is 28.9 Å². The Labute approximate surface area is 160 Å². The van der Waals surface area contributed by atoms with Crippen LogP contribution in [-0.4, -0.2) is 54.9 Å². The van der Waals surface area contributed by atoms with Crippen molar-refractivity contribution in [2.24, 2.45) is 0 Å². The molecule has 0 unspecified atom stereocenters. The minimum absolute atomic E-state index is 0.0483. The van der Waals surface area contributed by atoms with Gasteiger partial charge in [-0.1, -0.05) is 36.4 Å². The normalized spacial score (nSPS) is 14.6. The maximum Gasteiger partial charge on any atom is 0.254 e. The molecule has 2 aromatic rings. The standard InChI is InChI=1S/C22H26N2O3/c1-17-8-3-5-10-19(17)22(26)24-13-7-12-23(14-15-24)21(25)16-18-9-4-6-11-20(18)27-2/h3-6,8-11H,7,12-16H2,1-2H3. The molecule has 0 aromatic heterocycles. The second-order valence-corrected chi connectivity index (χ2v) is 6.83. The lowest BCUT2D eigenvalue weighted by atomic mass is 10.1. The van der Waals surface area contributed by atoms with E-state index in [9.17, 15) is 9.59 Å². The van der Waals surface area contributed by atoms with Crippen molar-refractivity contribution < 1.29 is 14.3 Å². The number of aryl methyl sites for hydroxylation is 1. The van der Waals surface area contributed by atoms with Crippen molar-refractivity contribution in [1.82, 2.24) is 9.80 Å². The summed E-state index contributed by atoms with van der Waals surface area (Å²) in [6.07, 6.45) is 1.10. The van der Waals surface area contributed by atoms with Gasteiger partial charge in [0.25, 0.3) is 5.91 Å². The third-order valence-electron chi connectivity index (χ3n) is 5.05. The molecule has 3 rings (SSSR count). The minimum Gasteiger partial charge on any atom is -0.496 e. The smallest absolute Gasteiger partial charge is 0.254 e. The Bertz CT molecular complexity index is 819. The van der Waals surface area contributed by atoms with E-state index < -0.39 is 0 Å². The van der Waals surface area contributed by atoms with Crippen LogP contribution < -0.4 is 4.74 Å². The maximum atomic E-state index is 12.8. The largest absolute Gasteiger partial charge is 0.496 e. The highest BCUT2D eigenvalue weighted by atomic mass is 16.5. The van der Waals surface area contributed by atoms with E-state index in [-0.39, 0.29) is 11.8 Å². The average Bonchev–Trinajstić information content (AvgIpc) is 2.94. The fourth-order valence-corrected chi connectivity index (χ4v) is 3.48. The summed E-state index contributed by atoms with van der Waals surface area (Å²) >= 11 is 0. The molecule has 1 fully saturated rings. The van der Waals surface area contributed by atoms with Crippen LogP contribution in [0.25, 0.3) is 0 Å². The number of amides is 2. The predicted octanol–water partition coefficient (Wildman–Crippen LogP) is 2.92. The molecular weight excluding hydrogens is 340 g/mol. The molecule has 0 aliphatic carbocycles.